The molecule has 2 aromatic rings. The minimum atomic E-state index is -0.418. The zero-order chi connectivity index (χ0) is 15.2. The fourth-order valence-corrected chi connectivity index (χ4v) is 2.02. The van der Waals surface area contributed by atoms with Crippen LogP contribution in [-0.2, 0) is 13.0 Å². The van der Waals surface area contributed by atoms with Gasteiger partial charge in [-0.2, -0.15) is 0 Å². The van der Waals surface area contributed by atoms with Gasteiger partial charge in [-0.3, -0.25) is 10.1 Å². The number of nitrogens with zero attached hydrogens (tertiary/aromatic N) is 3. The zero-order valence-electron chi connectivity index (χ0n) is 11.5. The first-order valence-electron chi connectivity index (χ1n) is 6.59. The molecule has 0 amide bonds. The van der Waals surface area contributed by atoms with Crippen LogP contribution in [0.2, 0.25) is 5.15 Å². The van der Waals surface area contributed by atoms with Crippen molar-refractivity contribution < 1.29 is 4.92 Å². The van der Waals surface area contributed by atoms with Gasteiger partial charge in [-0.15, -0.1) is 0 Å². The second kappa shape index (κ2) is 6.99. The standard InChI is InChI=1S/C14H15ClN4O2/c1-2-3-13-17-12(15)8-14(18-13)16-9-10-4-6-11(7-5-10)19(20)21/h4-8H,2-3,9H2,1H3,(H,16,17,18). The van der Waals surface area contributed by atoms with Crippen molar-refractivity contribution in [1.29, 1.82) is 0 Å². The number of nitro groups is 1. The number of aromatic nitrogens is 2. The van der Waals surface area contributed by atoms with Crippen LogP contribution in [-0.4, -0.2) is 14.9 Å². The molecule has 0 radical (unpaired) electrons. The van der Waals surface area contributed by atoms with Crippen LogP contribution in [0.4, 0.5) is 11.5 Å². The van der Waals surface area contributed by atoms with Gasteiger partial charge in [0, 0.05) is 31.2 Å². The number of hydrogen-bond donors (Lipinski definition) is 1. The lowest BCUT2D eigenvalue weighted by atomic mass is 10.2. The number of aryl methyl sites for hydroxylation is 1. The maximum atomic E-state index is 10.6. The van der Waals surface area contributed by atoms with Gasteiger partial charge in [0.05, 0.1) is 4.92 Å². The Hall–Kier alpha value is -2.21. The highest BCUT2D eigenvalue weighted by Gasteiger charge is 2.05. The highest BCUT2D eigenvalue weighted by atomic mass is 35.5. The van der Waals surface area contributed by atoms with E-state index in [1.54, 1.807) is 18.2 Å². The molecular formula is C14H15ClN4O2. The fraction of sp³-hybridized carbons (Fsp3) is 0.286. The Labute approximate surface area is 127 Å². The summed E-state index contributed by atoms with van der Waals surface area (Å²) >= 11 is 5.96. The van der Waals surface area contributed by atoms with Crippen molar-refractivity contribution in [1.82, 2.24) is 9.97 Å². The highest BCUT2D eigenvalue weighted by molar-refractivity contribution is 6.29. The van der Waals surface area contributed by atoms with Crippen molar-refractivity contribution in [2.75, 3.05) is 5.32 Å². The van der Waals surface area contributed by atoms with E-state index in [0.29, 0.717) is 23.3 Å². The lowest BCUT2D eigenvalue weighted by Gasteiger charge is -2.07. The van der Waals surface area contributed by atoms with Gasteiger partial charge in [-0.25, -0.2) is 9.97 Å². The Bertz CT molecular complexity index is 631. The summed E-state index contributed by atoms with van der Waals surface area (Å²) in [6.45, 7) is 2.56. The summed E-state index contributed by atoms with van der Waals surface area (Å²) in [6.07, 6.45) is 1.72. The van der Waals surface area contributed by atoms with Gasteiger partial charge in [-0.1, -0.05) is 30.7 Å². The van der Waals surface area contributed by atoms with E-state index in [1.165, 1.54) is 12.1 Å². The molecule has 1 aromatic heterocycles. The van der Waals surface area contributed by atoms with Gasteiger partial charge in [0.1, 0.15) is 16.8 Å². The Morgan fingerprint density at radius 1 is 1.29 bits per heavy atom. The van der Waals surface area contributed by atoms with Crippen molar-refractivity contribution in [3.05, 3.63) is 57.0 Å². The molecule has 1 heterocycles. The molecule has 1 N–H and O–H groups in total. The van der Waals surface area contributed by atoms with Crippen LogP contribution in [0.5, 0.6) is 0 Å². The molecule has 7 heteroatoms. The topological polar surface area (TPSA) is 81.0 Å². The average Bonchev–Trinajstić information content (AvgIpc) is 2.45. The minimum Gasteiger partial charge on any atom is -0.366 e. The molecule has 6 nitrogen and oxygen atoms in total. The summed E-state index contributed by atoms with van der Waals surface area (Å²) in [7, 11) is 0. The number of nitrogens with one attached hydrogen (secondary N) is 1. The fourth-order valence-electron chi connectivity index (χ4n) is 1.82. The van der Waals surface area contributed by atoms with Gasteiger partial charge < -0.3 is 5.32 Å². The number of nitro benzene ring substituents is 1. The number of rotatable bonds is 6. The molecule has 0 spiro atoms. The van der Waals surface area contributed by atoms with Crippen LogP contribution in [0.15, 0.2) is 30.3 Å². The average molecular weight is 307 g/mol. The Balaban J connectivity index is 2.03. The van der Waals surface area contributed by atoms with Gasteiger partial charge >= 0.3 is 0 Å². The van der Waals surface area contributed by atoms with Crippen LogP contribution < -0.4 is 5.32 Å². The third-order valence-corrected chi connectivity index (χ3v) is 3.03. The first-order chi connectivity index (χ1) is 10.1. The van der Waals surface area contributed by atoms with E-state index in [1.807, 2.05) is 6.92 Å². The summed E-state index contributed by atoms with van der Waals surface area (Å²) in [5, 5.41) is 14.1. The third kappa shape index (κ3) is 4.39. The van der Waals surface area contributed by atoms with Gasteiger partial charge in [0.25, 0.3) is 5.69 Å². The van der Waals surface area contributed by atoms with Crippen LogP contribution in [0, 0.1) is 10.1 Å². The quantitative estimate of drug-likeness (QED) is 0.501. The summed E-state index contributed by atoms with van der Waals surface area (Å²) in [4.78, 5) is 18.7. The number of halogens is 1. The lowest BCUT2D eigenvalue weighted by Crippen LogP contribution is -2.04. The van der Waals surface area contributed by atoms with E-state index in [9.17, 15) is 10.1 Å². The molecule has 0 saturated carbocycles. The van der Waals surface area contributed by atoms with Crippen molar-refractivity contribution in [3.8, 4) is 0 Å². The number of anilines is 1. The monoisotopic (exact) mass is 306 g/mol. The second-order valence-electron chi connectivity index (χ2n) is 4.52. The van der Waals surface area contributed by atoms with Crippen molar-refractivity contribution in [2.24, 2.45) is 0 Å². The third-order valence-electron chi connectivity index (χ3n) is 2.84. The first kappa shape index (κ1) is 15.2. The normalized spacial score (nSPS) is 10.4. The molecule has 0 aliphatic rings. The Morgan fingerprint density at radius 2 is 2.00 bits per heavy atom. The smallest absolute Gasteiger partial charge is 0.269 e. The largest absolute Gasteiger partial charge is 0.366 e. The highest BCUT2D eigenvalue weighted by Crippen LogP contribution is 2.15. The van der Waals surface area contributed by atoms with Crippen molar-refractivity contribution in [3.63, 3.8) is 0 Å². The number of non-ortho nitro benzene ring substituents is 1. The first-order valence-corrected chi connectivity index (χ1v) is 6.97. The van der Waals surface area contributed by atoms with Gasteiger partial charge in [0.2, 0.25) is 0 Å². The van der Waals surface area contributed by atoms with Gasteiger partial charge in [0.15, 0.2) is 0 Å². The van der Waals surface area contributed by atoms with E-state index in [0.717, 1.165) is 18.4 Å². The van der Waals surface area contributed by atoms with E-state index in [4.69, 9.17) is 11.6 Å². The minimum absolute atomic E-state index is 0.0778. The molecule has 2 rings (SSSR count). The van der Waals surface area contributed by atoms with Gasteiger partial charge in [-0.05, 0) is 12.0 Å². The van der Waals surface area contributed by atoms with Crippen LogP contribution in [0.25, 0.3) is 0 Å². The van der Waals surface area contributed by atoms with E-state index >= 15 is 0 Å². The number of benzene rings is 1. The molecule has 0 aliphatic carbocycles. The maximum Gasteiger partial charge on any atom is 0.269 e. The summed E-state index contributed by atoms with van der Waals surface area (Å²) in [6, 6.07) is 8.03. The molecule has 0 bridgehead atoms. The second-order valence-corrected chi connectivity index (χ2v) is 4.91. The van der Waals surface area contributed by atoms with E-state index < -0.39 is 4.92 Å². The number of hydrogen-bond acceptors (Lipinski definition) is 5. The predicted molar refractivity (Wildman–Crippen MR) is 81.5 cm³/mol. The molecule has 0 atom stereocenters. The van der Waals surface area contributed by atoms with Crippen molar-refractivity contribution >= 4 is 23.1 Å². The van der Waals surface area contributed by atoms with E-state index in [-0.39, 0.29) is 5.69 Å². The molecule has 0 saturated heterocycles. The van der Waals surface area contributed by atoms with Crippen LogP contribution in [0.3, 0.4) is 0 Å². The van der Waals surface area contributed by atoms with Crippen molar-refractivity contribution in [2.45, 2.75) is 26.3 Å². The molecule has 21 heavy (non-hydrogen) atoms. The molecule has 0 aliphatic heterocycles. The molecule has 1 aromatic carbocycles. The Kier molecular flexibility index (Phi) is 5.05. The molecule has 0 fully saturated rings. The van der Waals surface area contributed by atoms with E-state index in [2.05, 4.69) is 15.3 Å². The van der Waals surface area contributed by atoms with Crippen LogP contribution >= 0.6 is 11.6 Å². The predicted octanol–water partition coefficient (Wildman–Crippen LogP) is 3.60. The summed E-state index contributed by atoms with van der Waals surface area (Å²) in [5.41, 5.74) is 1.00. The lowest BCUT2D eigenvalue weighted by molar-refractivity contribution is -0.384. The van der Waals surface area contributed by atoms with Crippen LogP contribution in [0.1, 0.15) is 24.7 Å². The molecule has 0 unspecified atom stereocenters. The summed E-state index contributed by atoms with van der Waals surface area (Å²) < 4.78 is 0. The molecular weight excluding hydrogens is 292 g/mol. The summed E-state index contributed by atoms with van der Waals surface area (Å²) in [5.74, 6) is 1.35. The zero-order valence-corrected chi connectivity index (χ0v) is 12.3. The SMILES string of the molecule is CCCc1nc(Cl)cc(NCc2ccc([N+](=O)[O-])cc2)n1. The maximum absolute atomic E-state index is 10.6. The Morgan fingerprint density at radius 3 is 2.62 bits per heavy atom. The molecule has 110 valence electrons.